The third-order valence-electron chi connectivity index (χ3n) is 4.52. The van der Waals surface area contributed by atoms with E-state index in [9.17, 15) is 9.59 Å². The molecule has 2 N–H and O–H groups in total. The number of rotatable bonds is 7. The van der Waals surface area contributed by atoms with Gasteiger partial charge in [0.25, 0.3) is 0 Å². The smallest absolute Gasteiger partial charge is 0.411 e. The van der Waals surface area contributed by atoms with Crippen molar-refractivity contribution in [2.75, 3.05) is 18.5 Å². The van der Waals surface area contributed by atoms with E-state index in [0.717, 1.165) is 18.5 Å². The Balaban J connectivity index is 1.81. The lowest BCUT2D eigenvalue weighted by Gasteiger charge is -2.28. The van der Waals surface area contributed by atoms with Gasteiger partial charge in [0.1, 0.15) is 30.1 Å². The number of carbonyl (C=O) groups is 2. The van der Waals surface area contributed by atoms with Crippen LogP contribution in [0.1, 0.15) is 43.1 Å². The molecule has 2 aromatic carbocycles. The van der Waals surface area contributed by atoms with E-state index in [0.29, 0.717) is 16.8 Å². The van der Waals surface area contributed by atoms with Crippen LogP contribution in [0.15, 0.2) is 46.9 Å². The molecule has 1 aliphatic rings. The Bertz CT molecular complexity index is 924. The molecule has 2 aromatic rings. The second kappa shape index (κ2) is 10.2. The highest BCUT2D eigenvalue weighted by Gasteiger charge is 2.28. The van der Waals surface area contributed by atoms with Gasteiger partial charge in [-0.2, -0.15) is 0 Å². The summed E-state index contributed by atoms with van der Waals surface area (Å²) in [7, 11) is 0. The van der Waals surface area contributed by atoms with Crippen molar-refractivity contribution in [3.63, 3.8) is 0 Å². The molecule has 166 valence electrons. The molecular weight excluding hydrogens is 464 g/mol. The van der Waals surface area contributed by atoms with Crippen LogP contribution in [0.25, 0.3) is 0 Å². The molecule has 0 spiro atoms. The van der Waals surface area contributed by atoms with E-state index in [4.69, 9.17) is 14.2 Å². The lowest BCUT2D eigenvalue weighted by molar-refractivity contribution is 0.00663. The zero-order valence-corrected chi connectivity index (χ0v) is 19.5. The molecule has 1 fully saturated rings. The zero-order valence-electron chi connectivity index (χ0n) is 17.9. The van der Waals surface area contributed by atoms with Crippen LogP contribution in [0.3, 0.4) is 0 Å². The number of ether oxygens (including phenoxy) is 3. The number of anilines is 1. The first kappa shape index (κ1) is 23.1. The highest BCUT2D eigenvalue weighted by Crippen LogP contribution is 2.36. The summed E-state index contributed by atoms with van der Waals surface area (Å²) in [6, 6.07) is 12.9. The number of nitrogens with one attached hydrogen (secondary N) is 2. The fourth-order valence-corrected chi connectivity index (χ4v) is 3.32. The van der Waals surface area contributed by atoms with Crippen LogP contribution in [-0.4, -0.2) is 36.9 Å². The Hall–Kier alpha value is -2.58. The van der Waals surface area contributed by atoms with Crippen molar-refractivity contribution >= 4 is 33.7 Å². The van der Waals surface area contributed by atoms with E-state index in [2.05, 4.69) is 26.6 Å². The maximum absolute atomic E-state index is 13.0. The monoisotopic (exact) mass is 490 g/mol. The van der Waals surface area contributed by atoms with Gasteiger partial charge in [0.15, 0.2) is 0 Å². The predicted octanol–water partition coefficient (Wildman–Crippen LogP) is 4.89. The summed E-state index contributed by atoms with van der Waals surface area (Å²) in [6.07, 6.45) is 0.325. The molecule has 8 heteroatoms. The van der Waals surface area contributed by atoms with E-state index in [1.54, 1.807) is 32.9 Å². The van der Waals surface area contributed by atoms with Crippen LogP contribution in [0.2, 0.25) is 0 Å². The number of carbonyl (C=O) groups excluding carboxylic acids is 2. The minimum atomic E-state index is -0.711. The molecule has 3 rings (SSSR count). The molecule has 1 saturated heterocycles. The second-order valence-electron chi connectivity index (χ2n) is 8.24. The quantitative estimate of drug-likeness (QED) is 0.537. The van der Waals surface area contributed by atoms with Gasteiger partial charge in [0.05, 0.1) is 10.2 Å². The van der Waals surface area contributed by atoms with Gasteiger partial charge in [0, 0.05) is 6.04 Å². The lowest BCUT2D eigenvalue weighted by Crippen LogP contribution is -2.46. The SMILES string of the molecule is CC(C)(C)OC(=O)c1c(NC(=O)OCc2ccccc2)ccc(Br)c1OCC1CCN1. The molecule has 1 unspecified atom stereocenters. The van der Waals surface area contributed by atoms with E-state index in [1.807, 2.05) is 30.3 Å². The highest BCUT2D eigenvalue weighted by molar-refractivity contribution is 9.10. The molecule has 1 amide bonds. The van der Waals surface area contributed by atoms with Crippen LogP contribution in [-0.2, 0) is 16.1 Å². The van der Waals surface area contributed by atoms with Gasteiger partial charge < -0.3 is 19.5 Å². The van der Waals surface area contributed by atoms with Gasteiger partial charge in [-0.05, 0) is 67.4 Å². The van der Waals surface area contributed by atoms with E-state index in [-0.39, 0.29) is 23.9 Å². The van der Waals surface area contributed by atoms with Crippen molar-refractivity contribution in [3.8, 4) is 5.75 Å². The highest BCUT2D eigenvalue weighted by atomic mass is 79.9. The predicted molar refractivity (Wildman–Crippen MR) is 121 cm³/mol. The summed E-state index contributed by atoms with van der Waals surface area (Å²) in [6.45, 7) is 6.80. The zero-order chi connectivity index (χ0) is 22.4. The molecule has 7 nitrogen and oxygen atoms in total. The van der Waals surface area contributed by atoms with Gasteiger partial charge in [0.2, 0.25) is 0 Å². The third kappa shape index (κ3) is 6.70. The number of amides is 1. The van der Waals surface area contributed by atoms with Gasteiger partial charge in [-0.15, -0.1) is 0 Å². The molecular formula is C23H27BrN2O5. The molecule has 0 aromatic heterocycles. The molecule has 0 radical (unpaired) electrons. The average molecular weight is 491 g/mol. The van der Waals surface area contributed by atoms with Gasteiger partial charge in [-0.1, -0.05) is 30.3 Å². The molecule has 31 heavy (non-hydrogen) atoms. The number of benzene rings is 2. The average Bonchev–Trinajstić information content (AvgIpc) is 2.66. The van der Waals surface area contributed by atoms with Crippen LogP contribution < -0.4 is 15.4 Å². The van der Waals surface area contributed by atoms with Gasteiger partial charge in [-0.25, -0.2) is 9.59 Å². The normalized spacial score (nSPS) is 15.5. The first-order valence-corrected chi connectivity index (χ1v) is 10.9. The fraction of sp³-hybridized carbons (Fsp3) is 0.391. The van der Waals surface area contributed by atoms with E-state index in [1.165, 1.54) is 0 Å². The summed E-state index contributed by atoms with van der Waals surface area (Å²) in [5.74, 6) is -0.271. The van der Waals surface area contributed by atoms with Gasteiger partial charge in [-0.3, -0.25) is 5.32 Å². The van der Waals surface area contributed by atoms with Crippen molar-refractivity contribution in [1.82, 2.24) is 5.32 Å². The first-order valence-electron chi connectivity index (χ1n) is 10.1. The Morgan fingerprint density at radius 1 is 1.16 bits per heavy atom. The second-order valence-corrected chi connectivity index (χ2v) is 9.09. The van der Waals surface area contributed by atoms with Crippen molar-refractivity contribution in [1.29, 1.82) is 0 Å². The Morgan fingerprint density at radius 2 is 1.87 bits per heavy atom. The minimum Gasteiger partial charge on any atom is -0.490 e. The van der Waals surface area contributed by atoms with Gasteiger partial charge >= 0.3 is 12.1 Å². The Morgan fingerprint density at radius 3 is 2.48 bits per heavy atom. The molecule has 0 saturated carbocycles. The first-order chi connectivity index (χ1) is 14.7. The number of esters is 1. The van der Waals surface area contributed by atoms with Crippen LogP contribution in [0, 0.1) is 0 Å². The number of hydrogen-bond acceptors (Lipinski definition) is 6. The third-order valence-corrected chi connectivity index (χ3v) is 5.14. The van der Waals surface area contributed by atoms with Crippen molar-refractivity contribution in [2.45, 2.75) is 45.4 Å². The largest absolute Gasteiger partial charge is 0.490 e. The molecule has 0 aliphatic carbocycles. The minimum absolute atomic E-state index is 0.113. The topological polar surface area (TPSA) is 85.9 Å². The van der Waals surface area contributed by atoms with E-state index < -0.39 is 17.7 Å². The summed E-state index contributed by atoms with van der Waals surface area (Å²) < 4.78 is 17.4. The number of halogens is 1. The summed E-state index contributed by atoms with van der Waals surface area (Å²) in [5.41, 5.74) is 0.544. The van der Waals surface area contributed by atoms with Crippen molar-refractivity contribution in [2.24, 2.45) is 0 Å². The van der Waals surface area contributed by atoms with Crippen molar-refractivity contribution < 1.29 is 23.8 Å². The Labute approximate surface area is 190 Å². The maximum Gasteiger partial charge on any atom is 0.411 e. The molecule has 0 bridgehead atoms. The molecule has 1 atom stereocenters. The fourth-order valence-electron chi connectivity index (χ4n) is 2.88. The molecule has 1 heterocycles. The van der Waals surface area contributed by atoms with Crippen molar-refractivity contribution in [3.05, 3.63) is 58.1 Å². The molecule has 1 aliphatic heterocycles. The lowest BCUT2D eigenvalue weighted by atomic mass is 10.1. The van der Waals surface area contributed by atoms with E-state index >= 15 is 0 Å². The summed E-state index contributed by atoms with van der Waals surface area (Å²) in [4.78, 5) is 25.4. The Kier molecular flexibility index (Phi) is 7.56. The van der Waals surface area contributed by atoms with Crippen LogP contribution in [0.4, 0.5) is 10.5 Å². The van der Waals surface area contributed by atoms with Crippen LogP contribution >= 0.6 is 15.9 Å². The summed E-state index contributed by atoms with van der Waals surface area (Å²) >= 11 is 3.45. The standard InChI is InChI=1S/C23H27BrN2O5/c1-23(2,3)31-21(27)19-18(26-22(28)30-13-15-7-5-4-6-8-15)10-9-17(24)20(19)29-14-16-11-12-25-16/h4-10,16,25H,11-14H2,1-3H3,(H,26,28). The summed E-state index contributed by atoms with van der Waals surface area (Å²) in [5, 5.41) is 5.91. The number of hydrogen-bond donors (Lipinski definition) is 2. The maximum atomic E-state index is 13.0. The van der Waals surface area contributed by atoms with Crippen LogP contribution in [0.5, 0.6) is 5.75 Å².